The van der Waals surface area contributed by atoms with Crippen LogP contribution in [0.15, 0.2) is 0 Å². The number of carbonyl (C=O) groups is 5. The summed E-state index contributed by atoms with van der Waals surface area (Å²) in [5.41, 5.74) is 10.8. The zero-order chi connectivity index (χ0) is 22.7. The lowest BCUT2D eigenvalue weighted by Crippen LogP contribution is -2.57. The molecule has 11 nitrogen and oxygen atoms in total. The number of aliphatic carboxylic acids is 1. The van der Waals surface area contributed by atoms with E-state index in [1.165, 1.54) is 6.92 Å². The summed E-state index contributed by atoms with van der Waals surface area (Å²) >= 11 is 1.55. The molecule has 0 aliphatic carbocycles. The summed E-state index contributed by atoms with van der Waals surface area (Å²) in [6, 6.07) is -4.31. The maximum Gasteiger partial charge on any atom is 0.326 e. The average Bonchev–Trinajstić information content (AvgIpc) is 2.62. The molecule has 4 amide bonds. The van der Waals surface area contributed by atoms with E-state index in [4.69, 9.17) is 16.6 Å². The SMILES string of the molecule is CSCCC(N)C(=O)NC(C(=O)NC(C)C(=O)NC(CC(N)=O)C(=O)O)C(C)C. The topological polar surface area (TPSA) is 194 Å². The number of hydrogen-bond acceptors (Lipinski definition) is 7. The fraction of sp³-hybridized carbons (Fsp3) is 0.706. The molecule has 0 aromatic carbocycles. The molecule has 4 atom stereocenters. The van der Waals surface area contributed by atoms with Crippen molar-refractivity contribution in [3.63, 3.8) is 0 Å². The first kappa shape index (κ1) is 26.7. The van der Waals surface area contributed by atoms with Gasteiger partial charge in [0.1, 0.15) is 18.1 Å². The van der Waals surface area contributed by atoms with Crippen molar-refractivity contribution in [1.82, 2.24) is 16.0 Å². The van der Waals surface area contributed by atoms with E-state index in [2.05, 4.69) is 16.0 Å². The number of hydrogen-bond donors (Lipinski definition) is 6. The fourth-order valence-corrected chi connectivity index (χ4v) is 2.73. The number of thioether (sulfide) groups is 1. The van der Waals surface area contributed by atoms with E-state index in [1.54, 1.807) is 25.6 Å². The second kappa shape index (κ2) is 13.0. The lowest BCUT2D eigenvalue weighted by molar-refractivity contribution is -0.143. The molecule has 0 saturated heterocycles. The Balaban J connectivity index is 4.95. The summed E-state index contributed by atoms with van der Waals surface area (Å²) in [5, 5.41) is 16.2. The van der Waals surface area contributed by atoms with E-state index in [-0.39, 0.29) is 5.92 Å². The molecule has 0 rings (SSSR count). The summed E-state index contributed by atoms with van der Waals surface area (Å²) in [7, 11) is 0. The number of carboxylic acid groups (broad SMARTS) is 1. The van der Waals surface area contributed by atoms with Crippen LogP contribution in [0.1, 0.15) is 33.6 Å². The summed E-state index contributed by atoms with van der Waals surface area (Å²) in [5.74, 6) is -3.81. The van der Waals surface area contributed by atoms with Gasteiger partial charge < -0.3 is 32.5 Å². The highest BCUT2D eigenvalue weighted by Gasteiger charge is 2.30. The molecule has 29 heavy (non-hydrogen) atoms. The number of nitrogens with two attached hydrogens (primary N) is 2. The van der Waals surface area contributed by atoms with E-state index < -0.39 is 60.2 Å². The Bertz CT molecular complexity index is 615. The molecule has 166 valence electrons. The van der Waals surface area contributed by atoms with E-state index in [9.17, 15) is 24.0 Å². The van der Waals surface area contributed by atoms with Crippen LogP contribution < -0.4 is 27.4 Å². The molecule has 12 heteroatoms. The Morgan fingerprint density at radius 1 is 0.966 bits per heavy atom. The number of amides is 4. The van der Waals surface area contributed by atoms with Crippen LogP contribution in [-0.4, -0.2) is 70.9 Å². The monoisotopic (exact) mass is 433 g/mol. The van der Waals surface area contributed by atoms with Gasteiger partial charge in [-0.1, -0.05) is 13.8 Å². The second-order valence-corrected chi connectivity index (χ2v) is 7.90. The Hall–Kier alpha value is -2.34. The van der Waals surface area contributed by atoms with Gasteiger partial charge in [0.2, 0.25) is 23.6 Å². The number of nitrogens with one attached hydrogen (secondary N) is 3. The lowest BCUT2D eigenvalue weighted by Gasteiger charge is -2.25. The van der Waals surface area contributed by atoms with Crippen LogP contribution in [0.25, 0.3) is 0 Å². The smallest absolute Gasteiger partial charge is 0.326 e. The number of primary amides is 1. The van der Waals surface area contributed by atoms with Crippen LogP contribution in [-0.2, 0) is 24.0 Å². The van der Waals surface area contributed by atoms with Crippen LogP contribution >= 0.6 is 11.8 Å². The predicted octanol–water partition coefficient (Wildman–Crippen LogP) is -1.84. The van der Waals surface area contributed by atoms with Gasteiger partial charge in [-0.25, -0.2) is 4.79 Å². The third-order valence-electron chi connectivity index (χ3n) is 3.99. The molecule has 4 unspecified atom stereocenters. The van der Waals surface area contributed by atoms with Crippen molar-refractivity contribution in [3.8, 4) is 0 Å². The van der Waals surface area contributed by atoms with Gasteiger partial charge in [-0.05, 0) is 31.3 Å². The normalized spacial score (nSPS) is 15.0. The summed E-state index contributed by atoms with van der Waals surface area (Å²) in [6.45, 7) is 4.78. The minimum atomic E-state index is -1.51. The standard InChI is InChI=1S/C17H31N5O6S/c1-8(2)13(22-15(25)10(18)5-6-29-4)16(26)20-9(3)14(24)21-11(17(27)28)7-12(19)23/h8-11,13H,5-7,18H2,1-4H3,(H2,19,23)(H,20,26)(H,21,24)(H,22,25)(H,27,28). The quantitative estimate of drug-likeness (QED) is 0.195. The molecule has 0 aliphatic rings. The summed E-state index contributed by atoms with van der Waals surface area (Å²) in [4.78, 5) is 58.9. The maximum atomic E-state index is 12.5. The van der Waals surface area contributed by atoms with Gasteiger partial charge in [0.15, 0.2) is 0 Å². The highest BCUT2D eigenvalue weighted by atomic mass is 32.2. The Morgan fingerprint density at radius 3 is 2.00 bits per heavy atom. The zero-order valence-corrected chi connectivity index (χ0v) is 17.9. The molecule has 0 aromatic rings. The van der Waals surface area contributed by atoms with Crippen molar-refractivity contribution < 1.29 is 29.1 Å². The van der Waals surface area contributed by atoms with Crippen molar-refractivity contribution in [1.29, 1.82) is 0 Å². The average molecular weight is 434 g/mol. The van der Waals surface area contributed by atoms with E-state index in [1.807, 2.05) is 6.26 Å². The van der Waals surface area contributed by atoms with Gasteiger partial charge in [0, 0.05) is 0 Å². The molecule has 0 heterocycles. The van der Waals surface area contributed by atoms with Gasteiger partial charge in [0.05, 0.1) is 12.5 Å². The zero-order valence-electron chi connectivity index (χ0n) is 17.1. The van der Waals surface area contributed by atoms with E-state index in [0.29, 0.717) is 12.2 Å². The van der Waals surface area contributed by atoms with Gasteiger partial charge in [-0.15, -0.1) is 0 Å². The van der Waals surface area contributed by atoms with E-state index in [0.717, 1.165) is 0 Å². The number of carboxylic acids is 1. The molecule has 0 aliphatic heterocycles. The molecular weight excluding hydrogens is 402 g/mol. The van der Waals surface area contributed by atoms with E-state index >= 15 is 0 Å². The van der Waals surface area contributed by atoms with Crippen LogP contribution in [0.5, 0.6) is 0 Å². The van der Waals surface area contributed by atoms with Crippen molar-refractivity contribution in [3.05, 3.63) is 0 Å². The Morgan fingerprint density at radius 2 is 1.55 bits per heavy atom. The first-order chi connectivity index (χ1) is 13.4. The minimum Gasteiger partial charge on any atom is -0.480 e. The Kier molecular flexibility index (Phi) is 11.9. The highest BCUT2D eigenvalue weighted by molar-refractivity contribution is 7.98. The van der Waals surface area contributed by atoms with Crippen molar-refractivity contribution in [2.24, 2.45) is 17.4 Å². The largest absolute Gasteiger partial charge is 0.480 e. The molecule has 0 bridgehead atoms. The Labute approximate surface area is 174 Å². The summed E-state index contributed by atoms with van der Waals surface area (Å²) < 4.78 is 0. The van der Waals surface area contributed by atoms with Gasteiger partial charge in [0.25, 0.3) is 0 Å². The van der Waals surface area contributed by atoms with Crippen molar-refractivity contribution in [2.75, 3.05) is 12.0 Å². The van der Waals surface area contributed by atoms with Gasteiger partial charge in [-0.2, -0.15) is 11.8 Å². The molecule has 0 saturated carbocycles. The molecule has 8 N–H and O–H groups in total. The molecule has 0 spiro atoms. The summed E-state index contributed by atoms with van der Waals surface area (Å²) in [6.07, 6.45) is 1.76. The lowest BCUT2D eigenvalue weighted by atomic mass is 10.0. The third kappa shape index (κ3) is 10.1. The second-order valence-electron chi connectivity index (χ2n) is 6.92. The fourth-order valence-electron chi connectivity index (χ4n) is 2.24. The van der Waals surface area contributed by atoms with Crippen molar-refractivity contribution in [2.45, 2.75) is 57.8 Å². The minimum absolute atomic E-state index is 0.288. The van der Waals surface area contributed by atoms with Crippen LogP contribution in [0.3, 0.4) is 0 Å². The van der Waals surface area contributed by atoms with Gasteiger partial charge >= 0.3 is 5.97 Å². The third-order valence-corrected chi connectivity index (χ3v) is 4.63. The molecule has 0 fully saturated rings. The first-order valence-corrected chi connectivity index (χ1v) is 10.5. The van der Waals surface area contributed by atoms with Crippen LogP contribution in [0, 0.1) is 5.92 Å². The molecular formula is C17H31N5O6S. The van der Waals surface area contributed by atoms with Crippen LogP contribution in [0.4, 0.5) is 0 Å². The maximum absolute atomic E-state index is 12.5. The van der Waals surface area contributed by atoms with Gasteiger partial charge in [-0.3, -0.25) is 19.2 Å². The number of rotatable bonds is 13. The molecule has 0 radical (unpaired) electrons. The molecule has 0 aromatic heterocycles. The highest BCUT2D eigenvalue weighted by Crippen LogP contribution is 2.05. The first-order valence-electron chi connectivity index (χ1n) is 9.07. The van der Waals surface area contributed by atoms with Crippen LogP contribution in [0.2, 0.25) is 0 Å². The van der Waals surface area contributed by atoms with Crippen molar-refractivity contribution >= 4 is 41.4 Å². The number of carbonyl (C=O) groups excluding carboxylic acids is 4. The predicted molar refractivity (Wildman–Crippen MR) is 109 cm³/mol.